The van der Waals surface area contributed by atoms with E-state index < -0.39 is 12.0 Å². The highest BCUT2D eigenvalue weighted by atomic mass is 16.5. The summed E-state index contributed by atoms with van der Waals surface area (Å²) < 4.78 is 16.1. The van der Waals surface area contributed by atoms with Gasteiger partial charge in [0.2, 0.25) is 0 Å². The zero-order chi connectivity index (χ0) is 20.5. The number of unbranched alkanes of at least 4 members (excludes halogenated alkanes) is 4. The van der Waals surface area contributed by atoms with Crippen LogP contribution in [0.5, 0.6) is 11.5 Å². The van der Waals surface area contributed by atoms with Crippen LogP contribution in [-0.2, 0) is 9.53 Å². The van der Waals surface area contributed by atoms with E-state index in [1.165, 1.54) is 20.0 Å². The van der Waals surface area contributed by atoms with Crippen molar-refractivity contribution in [1.82, 2.24) is 10.6 Å². The Morgan fingerprint density at radius 2 is 1.79 bits per heavy atom. The minimum atomic E-state index is -0.624. The van der Waals surface area contributed by atoms with Crippen LogP contribution in [-0.4, -0.2) is 32.8 Å². The Bertz CT molecular complexity index is 730. The van der Waals surface area contributed by atoms with E-state index in [9.17, 15) is 9.59 Å². The summed E-state index contributed by atoms with van der Waals surface area (Å²) in [5.74, 6) is 0.665. The molecule has 28 heavy (non-hydrogen) atoms. The van der Waals surface area contributed by atoms with Crippen molar-refractivity contribution in [2.45, 2.75) is 52.0 Å². The molecular weight excluding hydrogens is 360 g/mol. The second-order valence-electron chi connectivity index (χ2n) is 6.73. The molecule has 1 unspecified atom stereocenters. The predicted molar refractivity (Wildman–Crippen MR) is 106 cm³/mol. The highest BCUT2D eigenvalue weighted by molar-refractivity contribution is 5.95. The van der Waals surface area contributed by atoms with E-state index in [2.05, 4.69) is 17.6 Å². The van der Waals surface area contributed by atoms with E-state index in [1.807, 2.05) is 0 Å². The van der Waals surface area contributed by atoms with Crippen LogP contribution < -0.4 is 20.1 Å². The number of carbonyl (C=O) groups is 2. The number of esters is 1. The summed E-state index contributed by atoms with van der Waals surface area (Å²) in [5, 5.41) is 5.45. The molecule has 1 aliphatic heterocycles. The topological polar surface area (TPSA) is 85.9 Å². The number of benzene rings is 1. The fraction of sp³-hybridized carbons (Fsp3) is 0.524. The Hall–Kier alpha value is -2.70. The Balaban J connectivity index is 2.16. The summed E-state index contributed by atoms with van der Waals surface area (Å²) in [5.41, 5.74) is 1.58. The van der Waals surface area contributed by atoms with Gasteiger partial charge >= 0.3 is 12.0 Å². The lowest BCUT2D eigenvalue weighted by Crippen LogP contribution is -2.45. The number of carbonyl (C=O) groups excluding carboxylic acids is 2. The highest BCUT2D eigenvalue weighted by Gasteiger charge is 2.32. The average Bonchev–Trinajstić information content (AvgIpc) is 2.69. The molecule has 0 radical (unpaired) electrons. The quantitative estimate of drug-likeness (QED) is 0.468. The molecule has 2 N–H and O–H groups in total. The summed E-state index contributed by atoms with van der Waals surface area (Å²) in [7, 11) is 3.09. The van der Waals surface area contributed by atoms with Gasteiger partial charge in [-0.05, 0) is 31.0 Å². The minimum absolute atomic E-state index is 0.367. The molecule has 1 heterocycles. The standard InChI is InChI=1S/C21H30N2O5/c1-5-6-7-8-9-12-28-20(24)18-14(2)22-21(25)23-19(18)15-10-11-16(26-3)17(13-15)27-4/h10-11,13,19H,5-9,12H2,1-4H3,(H2,22,23,25). The molecule has 0 saturated carbocycles. The molecule has 1 aliphatic rings. The number of allylic oxidation sites excluding steroid dienone is 1. The van der Waals surface area contributed by atoms with E-state index in [1.54, 1.807) is 32.2 Å². The number of methoxy groups -OCH3 is 2. The van der Waals surface area contributed by atoms with Gasteiger partial charge in [-0.2, -0.15) is 0 Å². The monoisotopic (exact) mass is 390 g/mol. The van der Waals surface area contributed by atoms with Gasteiger partial charge in [0.25, 0.3) is 0 Å². The molecule has 1 atom stereocenters. The van der Waals surface area contributed by atoms with Gasteiger partial charge in [0, 0.05) is 5.70 Å². The average molecular weight is 390 g/mol. The minimum Gasteiger partial charge on any atom is -0.493 e. The molecule has 7 nitrogen and oxygen atoms in total. The van der Waals surface area contributed by atoms with E-state index in [-0.39, 0.29) is 6.03 Å². The number of hydrogen-bond donors (Lipinski definition) is 2. The lowest BCUT2D eigenvalue weighted by Gasteiger charge is -2.28. The van der Waals surface area contributed by atoms with Crippen molar-refractivity contribution in [2.75, 3.05) is 20.8 Å². The van der Waals surface area contributed by atoms with Crippen molar-refractivity contribution < 1.29 is 23.8 Å². The molecule has 0 aliphatic carbocycles. The molecular formula is C21H30N2O5. The predicted octanol–water partition coefficient (Wildman–Crippen LogP) is 3.85. The molecule has 0 bridgehead atoms. The van der Waals surface area contributed by atoms with Gasteiger partial charge in [0.1, 0.15) is 0 Å². The zero-order valence-electron chi connectivity index (χ0n) is 17.1. The van der Waals surface area contributed by atoms with Crippen LogP contribution in [0, 0.1) is 0 Å². The molecule has 0 aromatic heterocycles. The maximum Gasteiger partial charge on any atom is 0.338 e. The highest BCUT2D eigenvalue weighted by Crippen LogP contribution is 2.34. The van der Waals surface area contributed by atoms with Crippen LogP contribution >= 0.6 is 0 Å². The zero-order valence-corrected chi connectivity index (χ0v) is 17.1. The smallest absolute Gasteiger partial charge is 0.338 e. The van der Waals surface area contributed by atoms with Gasteiger partial charge in [-0.1, -0.05) is 38.7 Å². The third-order valence-electron chi connectivity index (χ3n) is 4.71. The van der Waals surface area contributed by atoms with Gasteiger partial charge in [-0.15, -0.1) is 0 Å². The van der Waals surface area contributed by atoms with Crippen molar-refractivity contribution >= 4 is 12.0 Å². The van der Waals surface area contributed by atoms with Crippen LogP contribution in [0.1, 0.15) is 57.6 Å². The van der Waals surface area contributed by atoms with Crippen molar-refractivity contribution in [3.05, 3.63) is 35.0 Å². The summed E-state index contributed by atoms with van der Waals surface area (Å²) in [6.07, 6.45) is 5.37. The maximum atomic E-state index is 12.7. The van der Waals surface area contributed by atoms with E-state index in [4.69, 9.17) is 14.2 Å². The van der Waals surface area contributed by atoms with Gasteiger partial charge < -0.3 is 24.8 Å². The lowest BCUT2D eigenvalue weighted by atomic mass is 9.95. The molecule has 2 rings (SSSR count). The Morgan fingerprint density at radius 1 is 1.07 bits per heavy atom. The number of urea groups is 1. The molecule has 1 aromatic carbocycles. The number of rotatable bonds is 10. The van der Waals surface area contributed by atoms with E-state index >= 15 is 0 Å². The van der Waals surface area contributed by atoms with Crippen LogP contribution in [0.4, 0.5) is 4.79 Å². The van der Waals surface area contributed by atoms with E-state index in [0.717, 1.165) is 19.3 Å². The number of ether oxygens (including phenoxy) is 3. The molecule has 154 valence electrons. The largest absolute Gasteiger partial charge is 0.493 e. The summed E-state index contributed by atoms with van der Waals surface area (Å²) in [6, 6.07) is 4.30. The van der Waals surface area contributed by atoms with Crippen LogP contribution in [0.15, 0.2) is 29.5 Å². The third-order valence-corrected chi connectivity index (χ3v) is 4.71. The van der Waals surface area contributed by atoms with Gasteiger partial charge in [0.05, 0.1) is 32.4 Å². The summed E-state index contributed by atoms with van der Waals surface area (Å²) in [4.78, 5) is 24.7. The lowest BCUT2D eigenvalue weighted by molar-refractivity contribution is -0.139. The van der Waals surface area contributed by atoms with Crippen LogP contribution in [0.2, 0.25) is 0 Å². The van der Waals surface area contributed by atoms with Crippen molar-refractivity contribution in [2.24, 2.45) is 0 Å². The first-order valence-corrected chi connectivity index (χ1v) is 9.69. The first kappa shape index (κ1) is 21.6. The van der Waals surface area contributed by atoms with Gasteiger partial charge in [-0.3, -0.25) is 0 Å². The summed E-state index contributed by atoms with van der Waals surface area (Å²) >= 11 is 0. The Labute approximate surface area is 166 Å². The first-order chi connectivity index (χ1) is 13.5. The van der Waals surface area contributed by atoms with Gasteiger partial charge in [-0.25, -0.2) is 9.59 Å². The molecule has 2 amide bonds. The van der Waals surface area contributed by atoms with E-state index in [0.29, 0.717) is 34.9 Å². The molecule has 0 fully saturated rings. The fourth-order valence-corrected chi connectivity index (χ4v) is 3.20. The van der Waals surface area contributed by atoms with Crippen molar-refractivity contribution in [3.63, 3.8) is 0 Å². The SMILES string of the molecule is CCCCCCCOC(=O)C1=C(C)NC(=O)NC1c1ccc(OC)c(OC)c1. The number of hydrogen-bond acceptors (Lipinski definition) is 5. The third kappa shape index (κ3) is 5.41. The normalized spacial score (nSPS) is 16.3. The van der Waals surface area contributed by atoms with Crippen molar-refractivity contribution in [3.8, 4) is 11.5 Å². The number of nitrogens with one attached hydrogen (secondary N) is 2. The first-order valence-electron chi connectivity index (χ1n) is 9.69. The molecule has 7 heteroatoms. The Morgan fingerprint density at radius 3 is 2.46 bits per heavy atom. The molecule has 1 aromatic rings. The van der Waals surface area contributed by atoms with Gasteiger partial charge in [0.15, 0.2) is 11.5 Å². The van der Waals surface area contributed by atoms with Crippen LogP contribution in [0.3, 0.4) is 0 Å². The molecule has 0 spiro atoms. The number of amides is 2. The van der Waals surface area contributed by atoms with Crippen molar-refractivity contribution in [1.29, 1.82) is 0 Å². The second kappa shape index (κ2) is 10.6. The van der Waals surface area contributed by atoms with Crippen LogP contribution in [0.25, 0.3) is 0 Å². The second-order valence-corrected chi connectivity index (χ2v) is 6.73. The fourth-order valence-electron chi connectivity index (χ4n) is 3.20. The molecule has 0 saturated heterocycles. The summed E-state index contributed by atoms with van der Waals surface area (Å²) in [6.45, 7) is 4.23. The Kier molecular flexibility index (Phi) is 8.17. The maximum absolute atomic E-state index is 12.7.